The van der Waals surface area contributed by atoms with Crippen LogP contribution in [0.3, 0.4) is 0 Å². The van der Waals surface area contributed by atoms with E-state index in [-0.39, 0.29) is 17.1 Å². The lowest BCUT2D eigenvalue weighted by Gasteiger charge is -2.32. The molecule has 6 rings (SSSR count). The Morgan fingerprint density at radius 1 is 1.11 bits per heavy atom. The monoisotopic (exact) mass is 496 g/mol. The van der Waals surface area contributed by atoms with Gasteiger partial charge in [-0.15, -0.1) is 11.3 Å². The Labute approximate surface area is 212 Å². The summed E-state index contributed by atoms with van der Waals surface area (Å²) in [5, 5.41) is 7.46. The van der Waals surface area contributed by atoms with Gasteiger partial charge in [-0.05, 0) is 72.9 Å². The van der Waals surface area contributed by atoms with Gasteiger partial charge in [0.2, 0.25) is 0 Å². The molecular formula is C29H25FN4OS. The van der Waals surface area contributed by atoms with E-state index < -0.39 is 0 Å². The molecule has 1 fully saturated rings. The third-order valence-electron chi connectivity index (χ3n) is 7.23. The molecule has 2 aromatic heterocycles. The Hall–Kier alpha value is -3.84. The second-order valence-corrected chi connectivity index (χ2v) is 10.3. The number of amides is 1. The van der Waals surface area contributed by atoms with Crippen molar-refractivity contribution in [3.05, 3.63) is 112 Å². The molecule has 0 N–H and O–H groups in total. The first kappa shape index (κ1) is 22.6. The van der Waals surface area contributed by atoms with Gasteiger partial charge in [0.25, 0.3) is 5.91 Å². The highest BCUT2D eigenvalue weighted by Crippen LogP contribution is 2.41. The number of benzene rings is 3. The van der Waals surface area contributed by atoms with Gasteiger partial charge in [-0.25, -0.2) is 14.1 Å². The lowest BCUT2D eigenvalue weighted by atomic mass is 9.73. The van der Waals surface area contributed by atoms with Crippen molar-refractivity contribution >= 4 is 28.1 Å². The van der Waals surface area contributed by atoms with Gasteiger partial charge in [0.15, 0.2) is 0 Å². The molecule has 0 bridgehead atoms. The van der Waals surface area contributed by atoms with Gasteiger partial charge < -0.3 is 4.90 Å². The quantitative estimate of drug-likeness (QED) is 0.302. The van der Waals surface area contributed by atoms with Gasteiger partial charge in [-0.2, -0.15) is 5.10 Å². The molecule has 1 saturated heterocycles. The van der Waals surface area contributed by atoms with Crippen LogP contribution in [0.4, 0.5) is 4.39 Å². The highest BCUT2D eigenvalue weighted by molar-refractivity contribution is 7.07. The number of hydrogen-bond acceptors (Lipinski definition) is 4. The Kier molecular flexibility index (Phi) is 5.64. The molecule has 0 aliphatic carbocycles. The van der Waals surface area contributed by atoms with Crippen LogP contribution in [0.5, 0.6) is 0 Å². The van der Waals surface area contributed by atoms with Crippen LogP contribution in [0.25, 0.3) is 16.6 Å². The van der Waals surface area contributed by atoms with E-state index in [9.17, 15) is 9.18 Å². The van der Waals surface area contributed by atoms with E-state index in [2.05, 4.69) is 53.4 Å². The average molecular weight is 497 g/mol. The number of carbonyl (C=O) groups is 1. The molecule has 1 amide bonds. The number of likely N-dealkylation sites (tertiary alicyclic amines) is 1. The molecule has 1 aliphatic rings. The predicted octanol–water partition coefficient (Wildman–Crippen LogP) is 5.96. The van der Waals surface area contributed by atoms with Crippen molar-refractivity contribution in [3.8, 4) is 5.69 Å². The minimum Gasteiger partial charge on any atom is -0.336 e. The zero-order valence-corrected chi connectivity index (χ0v) is 20.7. The zero-order valence-electron chi connectivity index (χ0n) is 19.9. The summed E-state index contributed by atoms with van der Waals surface area (Å²) in [7, 11) is 0. The zero-order chi connectivity index (χ0) is 24.7. The highest BCUT2D eigenvalue weighted by Gasteiger charge is 2.43. The third-order valence-corrected chi connectivity index (χ3v) is 7.82. The molecule has 5 nitrogen and oxygen atoms in total. The second-order valence-electron chi connectivity index (χ2n) is 9.55. The first-order valence-electron chi connectivity index (χ1n) is 12.0. The van der Waals surface area contributed by atoms with Crippen molar-refractivity contribution < 1.29 is 9.18 Å². The standard InChI is InChI=1S/C29H25FN4OS/c1-20-13-27-22(16-32-34(27)24-9-7-23(30)8-10-24)14-25(20)29(15-21-5-3-2-4-6-21)11-12-33(18-29)28(35)26-17-36-19-31-26/h2-10,13-14,16-17,19H,11-12,15,18H2,1H3. The number of aryl methyl sites for hydroxylation is 1. The van der Waals surface area contributed by atoms with Gasteiger partial charge in [0.05, 0.1) is 22.9 Å². The maximum Gasteiger partial charge on any atom is 0.273 e. The maximum absolute atomic E-state index is 13.5. The number of hydrogen-bond donors (Lipinski definition) is 0. The van der Waals surface area contributed by atoms with E-state index in [0.717, 1.165) is 35.0 Å². The van der Waals surface area contributed by atoms with Gasteiger partial charge in [-0.1, -0.05) is 30.3 Å². The van der Waals surface area contributed by atoms with Crippen molar-refractivity contribution in [1.82, 2.24) is 19.7 Å². The van der Waals surface area contributed by atoms with E-state index in [4.69, 9.17) is 0 Å². The van der Waals surface area contributed by atoms with Crippen molar-refractivity contribution in [2.24, 2.45) is 0 Å². The fourth-order valence-electron chi connectivity index (χ4n) is 5.51. The number of aromatic nitrogens is 3. The van der Waals surface area contributed by atoms with Gasteiger partial charge >= 0.3 is 0 Å². The smallest absolute Gasteiger partial charge is 0.273 e. The van der Waals surface area contributed by atoms with Crippen molar-refractivity contribution in [3.63, 3.8) is 0 Å². The first-order chi connectivity index (χ1) is 17.5. The summed E-state index contributed by atoms with van der Waals surface area (Å²) in [4.78, 5) is 19.4. The summed E-state index contributed by atoms with van der Waals surface area (Å²) in [6.45, 7) is 3.46. The summed E-state index contributed by atoms with van der Waals surface area (Å²) < 4.78 is 15.3. The van der Waals surface area contributed by atoms with Crippen molar-refractivity contribution in [2.45, 2.75) is 25.2 Å². The molecule has 5 aromatic rings. The minimum atomic E-state index is -0.269. The van der Waals surface area contributed by atoms with Gasteiger partial charge in [0, 0.05) is 29.3 Å². The Morgan fingerprint density at radius 3 is 2.67 bits per heavy atom. The largest absolute Gasteiger partial charge is 0.336 e. The molecule has 0 saturated carbocycles. The number of fused-ring (bicyclic) bond motifs is 1. The van der Waals surface area contributed by atoms with Gasteiger partial charge in [-0.3, -0.25) is 4.79 Å². The van der Waals surface area contributed by atoms with E-state index in [1.54, 1.807) is 17.6 Å². The normalized spacial score (nSPS) is 17.7. The lowest BCUT2D eigenvalue weighted by Crippen LogP contribution is -2.36. The van der Waals surface area contributed by atoms with E-state index in [1.807, 2.05) is 27.2 Å². The molecule has 7 heteroatoms. The molecular weight excluding hydrogens is 471 g/mol. The Morgan fingerprint density at radius 2 is 1.92 bits per heavy atom. The molecule has 1 unspecified atom stereocenters. The third kappa shape index (κ3) is 3.99. The van der Waals surface area contributed by atoms with Crippen LogP contribution in [0.2, 0.25) is 0 Å². The van der Waals surface area contributed by atoms with Crippen molar-refractivity contribution in [1.29, 1.82) is 0 Å². The Bertz CT molecular complexity index is 1530. The number of carbonyl (C=O) groups excluding carboxylic acids is 1. The molecule has 1 atom stereocenters. The summed E-state index contributed by atoms with van der Waals surface area (Å²) >= 11 is 1.44. The SMILES string of the molecule is Cc1cc2c(cnn2-c2ccc(F)cc2)cc1C1(Cc2ccccc2)CCN(C(=O)c2cscn2)C1. The van der Waals surface area contributed by atoms with Crippen LogP contribution in [0.1, 0.15) is 33.6 Å². The van der Waals surface area contributed by atoms with Gasteiger partial charge in [0.1, 0.15) is 11.5 Å². The van der Waals surface area contributed by atoms with Crippen LogP contribution in [0, 0.1) is 12.7 Å². The molecule has 3 aromatic carbocycles. The molecule has 180 valence electrons. The number of nitrogens with zero attached hydrogens (tertiary/aromatic N) is 4. The maximum atomic E-state index is 13.5. The lowest BCUT2D eigenvalue weighted by molar-refractivity contribution is 0.0778. The summed E-state index contributed by atoms with van der Waals surface area (Å²) in [6, 6.07) is 21.3. The minimum absolute atomic E-state index is 0.00551. The van der Waals surface area contributed by atoms with Crippen LogP contribution in [0.15, 0.2) is 83.8 Å². The van der Waals surface area contributed by atoms with E-state index in [1.165, 1.54) is 34.6 Å². The first-order valence-corrected chi connectivity index (χ1v) is 12.9. The molecule has 0 spiro atoms. The number of thiazole rings is 1. The average Bonchev–Trinajstić information content (AvgIpc) is 3.65. The van der Waals surface area contributed by atoms with E-state index in [0.29, 0.717) is 18.8 Å². The molecule has 1 aliphatic heterocycles. The predicted molar refractivity (Wildman–Crippen MR) is 140 cm³/mol. The van der Waals surface area contributed by atoms with E-state index >= 15 is 0 Å². The molecule has 36 heavy (non-hydrogen) atoms. The highest BCUT2D eigenvalue weighted by atomic mass is 32.1. The fraction of sp³-hybridized carbons (Fsp3) is 0.207. The van der Waals surface area contributed by atoms with Crippen LogP contribution >= 0.6 is 11.3 Å². The summed E-state index contributed by atoms with van der Waals surface area (Å²) in [5.74, 6) is -0.274. The second kappa shape index (κ2) is 8.99. The topological polar surface area (TPSA) is 51.0 Å². The van der Waals surface area contributed by atoms with Crippen LogP contribution in [-0.2, 0) is 11.8 Å². The molecule has 3 heterocycles. The number of halogens is 1. The van der Waals surface area contributed by atoms with Crippen LogP contribution in [-0.4, -0.2) is 38.7 Å². The summed E-state index contributed by atoms with van der Waals surface area (Å²) in [6.07, 6.45) is 3.58. The Balaban J connectivity index is 1.42. The summed E-state index contributed by atoms with van der Waals surface area (Å²) in [5.41, 5.74) is 7.45. The fourth-order valence-corrected chi connectivity index (χ4v) is 6.04. The van der Waals surface area contributed by atoms with Crippen molar-refractivity contribution in [2.75, 3.05) is 13.1 Å². The molecule has 0 radical (unpaired) electrons. The van der Waals surface area contributed by atoms with Crippen LogP contribution < -0.4 is 0 Å². The number of rotatable bonds is 5.